The molecule has 20 heavy (non-hydrogen) atoms. The first-order chi connectivity index (χ1) is 9.61. The molecule has 0 atom stereocenters. The van der Waals surface area contributed by atoms with Gasteiger partial charge in [0.05, 0.1) is 13.1 Å². The average molecular weight is 269 g/mol. The molecule has 0 bridgehead atoms. The number of methoxy groups -OCH3 is 1. The Kier molecular flexibility index (Phi) is 4.15. The Hall–Kier alpha value is -2.62. The third kappa shape index (κ3) is 3.03. The van der Waals surface area contributed by atoms with Crippen molar-refractivity contribution in [3.8, 4) is 5.75 Å². The molecule has 0 heterocycles. The number of carboxylic acids is 1. The second-order valence-corrected chi connectivity index (χ2v) is 4.28. The average Bonchev–Trinajstić information content (AvgIpc) is 2.48. The quantitative estimate of drug-likeness (QED) is 0.771. The molecule has 102 valence electrons. The van der Waals surface area contributed by atoms with Gasteiger partial charge in [-0.15, -0.1) is 0 Å². The summed E-state index contributed by atoms with van der Waals surface area (Å²) in [6.45, 7) is 0. The van der Waals surface area contributed by atoms with Gasteiger partial charge in [0.1, 0.15) is 5.75 Å². The Morgan fingerprint density at radius 1 is 1.00 bits per heavy atom. The van der Waals surface area contributed by atoms with Crippen LogP contribution in [0.2, 0.25) is 0 Å². The Balaban J connectivity index is 2.21. The van der Waals surface area contributed by atoms with E-state index in [9.17, 15) is 14.7 Å². The van der Waals surface area contributed by atoms with Crippen LogP contribution in [0.5, 0.6) is 5.75 Å². The number of carbonyl (C=O) groups excluding carboxylic acids is 2. The van der Waals surface area contributed by atoms with Crippen LogP contribution in [-0.2, 0) is 6.42 Å². The van der Waals surface area contributed by atoms with Crippen LogP contribution in [0, 0.1) is 0 Å². The highest BCUT2D eigenvalue weighted by molar-refractivity contribution is 6.06. The molecular formula is C16H13O4-. The summed E-state index contributed by atoms with van der Waals surface area (Å²) in [4.78, 5) is 23.2. The molecule has 0 N–H and O–H groups in total. The summed E-state index contributed by atoms with van der Waals surface area (Å²) in [7, 11) is 1.57. The van der Waals surface area contributed by atoms with Gasteiger partial charge in [-0.3, -0.25) is 4.79 Å². The Bertz CT molecular complexity index is 629. The van der Waals surface area contributed by atoms with Gasteiger partial charge in [-0.25, -0.2) is 0 Å². The van der Waals surface area contributed by atoms with Gasteiger partial charge in [0, 0.05) is 17.5 Å². The number of hydrogen-bond acceptors (Lipinski definition) is 4. The first kappa shape index (κ1) is 13.8. The lowest BCUT2D eigenvalue weighted by molar-refractivity contribution is -0.255. The first-order valence-electron chi connectivity index (χ1n) is 6.08. The van der Waals surface area contributed by atoms with Crippen molar-refractivity contribution in [3.63, 3.8) is 0 Å². The van der Waals surface area contributed by atoms with E-state index in [4.69, 9.17) is 4.74 Å². The number of Topliss-reactive ketones (excluding diaryl/α,β-unsaturated/α-hetero) is 1. The molecule has 0 aliphatic carbocycles. The van der Waals surface area contributed by atoms with Crippen LogP contribution < -0.4 is 9.84 Å². The molecule has 0 aromatic heterocycles. The zero-order valence-corrected chi connectivity index (χ0v) is 11.0. The van der Waals surface area contributed by atoms with Crippen molar-refractivity contribution in [1.29, 1.82) is 0 Å². The number of aromatic carboxylic acids is 1. The van der Waals surface area contributed by atoms with Crippen molar-refractivity contribution in [2.24, 2.45) is 0 Å². The van der Waals surface area contributed by atoms with Crippen LogP contribution in [0.25, 0.3) is 0 Å². The van der Waals surface area contributed by atoms with Gasteiger partial charge in [-0.2, -0.15) is 0 Å². The molecule has 0 aliphatic rings. The maximum Gasteiger partial charge on any atom is 0.167 e. The molecule has 0 aliphatic heterocycles. The summed E-state index contributed by atoms with van der Waals surface area (Å²) in [6, 6.07) is 13.1. The fourth-order valence-electron chi connectivity index (χ4n) is 1.93. The highest BCUT2D eigenvalue weighted by Gasteiger charge is 2.12. The number of rotatable bonds is 5. The molecule has 0 saturated carbocycles. The minimum atomic E-state index is -1.34. The molecule has 2 aromatic carbocycles. The third-order valence-corrected chi connectivity index (χ3v) is 2.97. The molecule has 0 amide bonds. The van der Waals surface area contributed by atoms with Crippen molar-refractivity contribution in [2.45, 2.75) is 6.42 Å². The van der Waals surface area contributed by atoms with Crippen molar-refractivity contribution in [3.05, 3.63) is 65.2 Å². The van der Waals surface area contributed by atoms with E-state index in [1.807, 2.05) is 0 Å². The monoisotopic (exact) mass is 269 g/mol. The van der Waals surface area contributed by atoms with Crippen molar-refractivity contribution in [1.82, 2.24) is 0 Å². The highest BCUT2D eigenvalue weighted by atomic mass is 16.5. The van der Waals surface area contributed by atoms with Crippen LogP contribution in [0.4, 0.5) is 0 Å². The summed E-state index contributed by atoms with van der Waals surface area (Å²) in [5, 5.41) is 11.0. The van der Waals surface area contributed by atoms with E-state index < -0.39 is 5.97 Å². The Morgan fingerprint density at radius 2 is 1.60 bits per heavy atom. The maximum absolute atomic E-state index is 12.2. The lowest BCUT2D eigenvalue weighted by Gasteiger charge is -2.09. The van der Waals surface area contributed by atoms with E-state index in [0.29, 0.717) is 5.75 Å². The fourth-order valence-corrected chi connectivity index (χ4v) is 1.93. The molecule has 0 spiro atoms. The van der Waals surface area contributed by atoms with Crippen molar-refractivity contribution < 1.29 is 19.4 Å². The summed E-state index contributed by atoms with van der Waals surface area (Å²) < 4.78 is 5.04. The molecule has 0 fully saturated rings. The zero-order valence-electron chi connectivity index (χ0n) is 11.0. The van der Waals surface area contributed by atoms with Gasteiger partial charge in [0.15, 0.2) is 5.78 Å². The maximum atomic E-state index is 12.2. The molecule has 0 saturated heterocycles. The fraction of sp³-hybridized carbons (Fsp3) is 0.125. The third-order valence-electron chi connectivity index (χ3n) is 2.97. The SMILES string of the molecule is COc1ccc(CC(=O)c2ccccc2C(=O)[O-])cc1. The van der Waals surface area contributed by atoms with Crippen molar-refractivity contribution >= 4 is 11.8 Å². The van der Waals surface area contributed by atoms with Gasteiger partial charge in [-0.05, 0) is 17.7 Å². The normalized spacial score (nSPS) is 10.1. The number of carbonyl (C=O) groups is 2. The number of ether oxygens (including phenoxy) is 1. The summed E-state index contributed by atoms with van der Waals surface area (Å²) in [6.07, 6.45) is 0.133. The van der Waals surface area contributed by atoms with Crippen LogP contribution in [0.15, 0.2) is 48.5 Å². The van der Waals surface area contributed by atoms with Gasteiger partial charge >= 0.3 is 0 Å². The summed E-state index contributed by atoms with van der Waals surface area (Å²) >= 11 is 0. The zero-order chi connectivity index (χ0) is 14.5. The lowest BCUT2D eigenvalue weighted by Crippen LogP contribution is -2.25. The highest BCUT2D eigenvalue weighted by Crippen LogP contribution is 2.15. The number of benzene rings is 2. The minimum Gasteiger partial charge on any atom is -0.545 e. The van der Waals surface area contributed by atoms with E-state index >= 15 is 0 Å². The Morgan fingerprint density at radius 3 is 2.15 bits per heavy atom. The molecule has 2 aromatic rings. The Labute approximate surface area is 116 Å². The number of carboxylic acid groups (broad SMARTS) is 1. The van der Waals surface area contributed by atoms with Crippen LogP contribution in [-0.4, -0.2) is 18.9 Å². The van der Waals surface area contributed by atoms with E-state index in [0.717, 1.165) is 5.56 Å². The molecule has 4 heteroatoms. The van der Waals surface area contributed by atoms with Gasteiger partial charge < -0.3 is 14.6 Å². The second-order valence-electron chi connectivity index (χ2n) is 4.28. The molecule has 0 unspecified atom stereocenters. The van der Waals surface area contributed by atoms with Crippen LogP contribution >= 0.6 is 0 Å². The summed E-state index contributed by atoms with van der Waals surface area (Å²) in [5.41, 5.74) is 0.887. The van der Waals surface area contributed by atoms with Gasteiger partial charge in [0.2, 0.25) is 0 Å². The molecule has 0 radical (unpaired) electrons. The van der Waals surface area contributed by atoms with E-state index in [-0.39, 0.29) is 23.3 Å². The van der Waals surface area contributed by atoms with E-state index in [1.165, 1.54) is 12.1 Å². The molecule has 4 nitrogen and oxygen atoms in total. The minimum absolute atomic E-state index is 0.0778. The number of ketones is 1. The second kappa shape index (κ2) is 6.02. The first-order valence-corrected chi connectivity index (χ1v) is 6.08. The predicted molar refractivity (Wildman–Crippen MR) is 71.8 cm³/mol. The van der Waals surface area contributed by atoms with E-state index in [2.05, 4.69) is 0 Å². The topological polar surface area (TPSA) is 66.4 Å². The molecular weight excluding hydrogens is 256 g/mol. The lowest BCUT2D eigenvalue weighted by atomic mass is 9.98. The molecule has 2 rings (SSSR count). The van der Waals surface area contributed by atoms with Crippen LogP contribution in [0.1, 0.15) is 26.3 Å². The van der Waals surface area contributed by atoms with Crippen molar-refractivity contribution in [2.75, 3.05) is 7.11 Å². The van der Waals surface area contributed by atoms with Gasteiger partial charge in [-0.1, -0.05) is 36.4 Å². The smallest absolute Gasteiger partial charge is 0.167 e. The predicted octanol–water partition coefficient (Wildman–Crippen LogP) is 1.48. The largest absolute Gasteiger partial charge is 0.545 e. The standard InChI is InChI=1S/C16H14O4/c1-20-12-8-6-11(7-9-12)10-15(17)13-4-2-3-5-14(13)16(18)19/h2-9H,10H2,1H3,(H,18,19)/p-1. The van der Waals surface area contributed by atoms with Crippen LogP contribution in [0.3, 0.4) is 0 Å². The van der Waals surface area contributed by atoms with E-state index in [1.54, 1.807) is 43.5 Å². The number of hydrogen-bond donors (Lipinski definition) is 0. The summed E-state index contributed by atoms with van der Waals surface area (Å²) in [5.74, 6) is -0.894. The van der Waals surface area contributed by atoms with Gasteiger partial charge in [0.25, 0.3) is 0 Å².